The highest BCUT2D eigenvalue weighted by atomic mass is 35.5. The summed E-state index contributed by atoms with van der Waals surface area (Å²) >= 11 is 6.30. The highest BCUT2D eigenvalue weighted by Gasteiger charge is 2.24. The quantitative estimate of drug-likeness (QED) is 0.718. The molecule has 1 unspecified atom stereocenters. The van der Waals surface area contributed by atoms with Crippen LogP contribution >= 0.6 is 11.6 Å². The molecule has 1 atom stereocenters. The number of halogens is 1. The minimum absolute atomic E-state index is 0.0646. The van der Waals surface area contributed by atoms with E-state index in [1.807, 2.05) is 43.5 Å². The molecule has 2 aromatic carbocycles. The van der Waals surface area contributed by atoms with Crippen molar-refractivity contribution in [2.45, 2.75) is 33.4 Å². The van der Waals surface area contributed by atoms with Gasteiger partial charge in [-0.25, -0.2) is 0 Å². The van der Waals surface area contributed by atoms with Crippen LogP contribution in [0.2, 0.25) is 5.02 Å². The standard InChI is InChI=1S/C21H19ClN2O3/c1-11-6-12(2)8-14(7-11)23-21(26)15-10-24-9-13(3)27-17-5-4-16(22)18(19(17)24)20(15)25/h4-8,10,13H,9H2,1-3H3,(H,23,26). The first-order valence-corrected chi connectivity index (χ1v) is 9.13. The van der Waals surface area contributed by atoms with Crippen LogP contribution in [0.3, 0.4) is 0 Å². The van der Waals surface area contributed by atoms with E-state index in [9.17, 15) is 9.59 Å². The summed E-state index contributed by atoms with van der Waals surface area (Å²) < 4.78 is 7.69. The average molecular weight is 383 g/mol. The van der Waals surface area contributed by atoms with Crippen molar-refractivity contribution in [3.63, 3.8) is 0 Å². The number of anilines is 1. The molecule has 0 radical (unpaired) electrons. The molecule has 1 aromatic heterocycles. The van der Waals surface area contributed by atoms with Crippen LogP contribution in [0.25, 0.3) is 10.9 Å². The second-order valence-electron chi connectivity index (χ2n) is 7.05. The molecule has 1 aliphatic rings. The van der Waals surface area contributed by atoms with Crippen molar-refractivity contribution in [1.82, 2.24) is 4.57 Å². The Bertz CT molecular complexity index is 1130. The Morgan fingerprint density at radius 3 is 2.63 bits per heavy atom. The van der Waals surface area contributed by atoms with Gasteiger partial charge in [0.05, 0.1) is 22.5 Å². The van der Waals surface area contributed by atoms with Gasteiger partial charge < -0.3 is 14.6 Å². The van der Waals surface area contributed by atoms with Gasteiger partial charge in [-0.15, -0.1) is 0 Å². The average Bonchev–Trinajstić information content (AvgIpc) is 2.58. The SMILES string of the molecule is Cc1cc(C)cc(NC(=O)c2cn3c4c(ccc(Cl)c4c2=O)OC(C)C3)c1. The van der Waals surface area contributed by atoms with Gasteiger partial charge in [0, 0.05) is 11.9 Å². The molecule has 6 heteroatoms. The largest absolute Gasteiger partial charge is 0.487 e. The Morgan fingerprint density at radius 1 is 1.22 bits per heavy atom. The minimum Gasteiger partial charge on any atom is -0.487 e. The Labute approximate surface area is 161 Å². The molecule has 1 N–H and O–H groups in total. The molecule has 0 aliphatic carbocycles. The predicted molar refractivity (Wildman–Crippen MR) is 107 cm³/mol. The zero-order chi connectivity index (χ0) is 19.3. The number of rotatable bonds is 2. The number of hydrogen-bond acceptors (Lipinski definition) is 3. The Hall–Kier alpha value is -2.79. The van der Waals surface area contributed by atoms with Crippen LogP contribution in [0, 0.1) is 13.8 Å². The van der Waals surface area contributed by atoms with E-state index in [0.717, 1.165) is 11.1 Å². The van der Waals surface area contributed by atoms with E-state index in [1.54, 1.807) is 18.3 Å². The molecule has 138 valence electrons. The monoisotopic (exact) mass is 382 g/mol. The van der Waals surface area contributed by atoms with Crippen LogP contribution in [0.4, 0.5) is 5.69 Å². The van der Waals surface area contributed by atoms with Crippen molar-refractivity contribution in [3.8, 4) is 5.75 Å². The maximum Gasteiger partial charge on any atom is 0.261 e. The van der Waals surface area contributed by atoms with Crippen LogP contribution in [0.5, 0.6) is 5.75 Å². The summed E-state index contributed by atoms with van der Waals surface area (Å²) in [5.41, 5.74) is 3.03. The lowest BCUT2D eigenvalue weighted by atomic mass is 10.1. The molecule has 0 bridgehead atoms. The number of nitrogens with one attached hydrogen (secondary N) is 1. The second kappa shape index (κ2) is 6.43. The number of pyridine rings is 1. The maximum atomic E-state index is 13.0. The first-order valence-electron chi connectivity index (χ1n) is 8.75. The Morgan fingerprint density at radius 2 is 1.93 bits per heavy atom. The van der Waals surface area contributed by atoms with Crippen LogP contribution < -0.4 is 15.5 Å². The third kappa shape index (κ3) is 3.08. The van der Waals surface area contributed by atoms with Gasteiger partial charge >= 0.3 is 0 Å². The fourth-order valence-corrected chi connectivity index (χ4v) is 3.88. The molecule has 5 nitrogen and oxygen atoms in total. The van der Waals surface area contributed by atoms with Gasteiger partial charge in [0.1, 0.15) is 17.4 Å². The lowest BCUT2D eigenvalue weighted by Gasteiger charge is -2.26. The summed E-state index contributed by atoms with van der Waals surface area (Å²) in [6.07, 6.45) is 1.53. The van der Waals surface area contributed by atoms with Crippen LogP contribution in [0.1, 0.15) is 28.4 Å². The van der Waals surface area contributed by atoms with Gasteiger partial charge in [0.25, 0.3) is 5.91 Å². The lowest BCUT2D eigenvalue weighted by molar-refractivity contribution is 0.102. The van der Waals surface area contributed by atoms with E-state index in [4.69, 9.17) is 16.3 Å². The smallest absolute Gasteiger partial charge is 0.261 e. The van der Waals surface area contributed by atoms with Crippen molar-refractivity contribution in [2.75, 3.05) is 5.32 Å². The van der Waals surface area contributed by atoms with Crippen LogP contribution in [0.15, 0.2) is 41.3 Å². The van der Waals surface area contributed by atoms with Crippen molar-refractivity contribution in [2.24, 2.45) is 0 Å². The van der Waals surface area contributed by atoms with E-state index >= 15 is 0 Å². The fourth-order valence-electron chi connectivity index (χ4n) is 3.64. The number of carbonyl (C=O) groups excluding carboxylic acids is 1. The normalized spacial score (nSPS) is 15.5. The van der Waals surface area contributed by atoms with E-state index in [1.165, 1.54) is 0 Å². The zero-order valence-electron chi connectivity index (χ0n) is 15.3. The van der Waals surface area contributed by atoms with Gasteiger partial charge in [-0.05, 0) is 56.2 Å². The third-order valence-corrected chi connectivity index (χ3v) is 4.96. The van der Waals surface area contributed by atoms with Crippen LogP contribution in [-0.2, 0) is 6.54 Å². The molecular formula is C21H19ClN2O3. The molecule has 0 saturated carbocycles. The minimum atomic E-state index is -0.448. The molecule has 0 fully saturated rings. The fraction of sp³-hybridized carbons (Fsp3) is 0.238. The highest BCUT2D eigenvalue weighted by Crippen LogP contribution is 2.33. The molecule has 0 spiro atoms. The molecule has 0 saturated heterocycles. The van der Waals surface area contributed by atoms with Crippen molar-refractivity contribution < 1.29 is 9.53 Å². The number of ether oxygens (including phenoxy) is 1. The Kier molecular flexibility index (Phi) is 4.19. The van der Waals surface area contributed by atoms with Gasteiger partial charge in [0.15, 0.2) is 0 Å². The van der Waals surface area contributed by atoms with E-state index in [0.29, 0.717) is 33.9 Å². The number of aromatic nitrogens is 1. The number of benzene rings is 2. The van der Waals surface area contributed by atoms with Gasteiger partial charge in [-0.3, -0.25) is 9.59 Å². The summed E-state index contributed by atoms with van der Waals surface area (Å²) in [7, 11) is 0. The van der Waals surface area contributed by atoms with Crippen molar-refractivity contribution >= 4 is 34.1 Å². The number of hydrogen-bond donors (Lipinski definition) is 1. The Balaban J connectivity index is 1.85. The zero-order valence-corrected chi connectivity index (χ0v) is 16.1. The topological polar surface area (TPSA) is 60.3 Å². The predicted octanol–water partition coefficient (Wildman–Crippen LogP) is 4.30. The number of nitrogens with zero attached hydrogens (tertiary/aromatic N) is 1. The number of carbonyl (C=O) groups is 1. The highest BCUT2D eigenvalue weighted by molar-refractivity contribution is 6.35. The first-order chi connectivity index (χ1) is 12.8. The molecule has 1 amide bonds. The summed E-state index contributed by atoms with van der Waals surface area (Å²) in [6.45, 7) is 6.39. The molecule has 2 heterocycles. The van der Waals surface area contributed by atoms with Gasteiger partial charge in [0.2, 0.25) is 5.43 Å². The van der Waals surface area contributed by atoms with Crippen molar-refractivity contribution in [3.05, 3.63) is 68.5 Å². The van der Waals surface area contributed by atoms with E-state index < -0.39 is 11.3 Å². The summed E-state index contributed by atoms with van der Waals surface area (Å²) in [6, 6.07) is 9.15. The summed E-state index contributed by atoms with van der Waals surface area (Å²) in [5.74, 6) is 0.155. The summed E-state index contributed by atoms with van der Waals surface area (Å²) in [5, 5.41) is 3.46. The molecule has 4 rings (SSSR count). The van der Waals surface area contributed by atoms with E-state index in [2.05, 4.69) is 5.32 Å². The maximum absolute atomic E-state index is 13.0. The molecule has 1 aliphatic heterocycles. The van der Waals surface area contributed by atoms with Crippen LogP contribution in [-0.4, -0.2) is 16.6 Å². The molecule has 27 heavy (non-hydrogen) atoms. The first kappa shape index (κ1) is 17.6. The number of amides is 1. The number of aryl methyl sites for hydroxylation is 2. The summed E-state index contributed by atoms with van der Waals surface area (Å²) in [4.78, 5) is 25.9. The van der Waals surface area contributed by atoms with Gasteiger partial charge in [-0.1, -0.05) is 17.7 Å². The van der Waals surface area contributed by atoms with E-state index in [-0.39, 0.29) is 11.7 Å². The lowest BCUT2D eigenvalue weighted by Crippen LogP contribution is -2.30. The van der Waals surface area contributed by atoms with Gasteiger partial charge in [-0.2, -0.15) is 0 Å². The molecule has 3 aromatic rings. The van der Waals surface area contributed by atoms with Crippen molar-refractivity contribution in [1.29, 1.82) is 0 Å². The third-order valence-electron chi connectivity index (χ3n) is 4.64. The second-order valence-corrected chi connectivity index (χ2v) is 7.46. The molecular weight excluding hydrogens is 364 g/mol.